The summed E-state index contributed by atoms with van der Waals surface area (Å²) >= 11 is 0. The lowest BCUT2D eigenvalue weighted by molar-refractivity contribution is -0.141. The van der Waals surface area contributed by atoms with Crippen LogP contribution in [0.1, 0.15) is 11.1 Å². The van der Waals surface area contributed by atoms with E-state index in [1.807, 2.05) is 91.0 Å². The number of carbonyl (C=O) groups is 1. The Kier molecular flexibility index (Phi) is 7.58. The number of esters is 1. The van der Waals surface area contributed by atoms with Crippen molar-refractivity contribution in [3.8, 4) is 17.0 Å². The van der Waals surface area contributed by atoms with Crippen LogP contribution in [0.3, 0.4) is 0 Å². The van der Waals surface area contributed by atoms with Gasteiger partial charge < -0.3 is 14.9 Å². The number of anilines is 1. The van der Waals surface area contributed by atoms with Crippen molar-refractivity contribution in [2.45, 2.75) is 12.5 Å². The fourth-order valence-electron chi connectivity index (χ4n) is 3.33. The molecule has 7 nitrogen and oxygen atoms in total. The van der Waals surface area contributed by atoms with Crippen LogP contribution >= 0.6 is 0 Å². The molecule has 1 aromatic heterocycles. The highest BCUT2D eigenvalue weighted by Gasteiger charge is 2.20. The summed E-state index contributed by atoms with van der Waals surface area (Å²) in [5.41, 5.74) is 3.54. The molecule has 0 unspecified atom stereocenters. The number of aromatic nitrogens is 2. The van der Waals surface area contributed by atoms with Crippen LogP contribution in [0, 0.1) is 0 Å². The molecule has 0 aliphatic rings. The summed E-state index contributed by atoms with van der Waals surface area (Å²) in [7, 11) is 1.38. The summed E-state index contributed by atoms with van der Waals surface area (Å²) in [6, 6.07) is 28.1. The van der Waals surface area contributed by atoms with E-state index >= 15 is 0 Å². The van der Waals surface area contributed by atoms with Gasteiger partial charge in [-0.3, -0.25) is 0 Å². The third-order valence-corrected chi connectivity index (χ3v) is 5.07. The molecule has 0 amide bonds. The van der Waals surface area contributed by atoms with Gasteiger partial charge in [-0.25, -0.2) is 14.8 Å². The smallest absolute Gasteiger partial charge is 0.328 e. The van der Waals surface area contributed by atoms with Crippen molar-refractivity contribution in [3.63, 3.8) is 0 Å². The number of benzene rings is 3. The molecule has 0 spiro atoms. The Hall–Kier alpha value is -4.52. The fourth-order valence-corrected chi connectivity index (χ4v) is 3.33. The highest BCUT2D eigenvalue weighted by molar-refractivity contribution is 5.81. The Labute approximate surface area is 198 Å². The van der Waals surface area contributed by atoms with Crippen molar-refractivity contribution in [3.05, 3.63) is 108 Å². The first-order valence-corrected chi connectivity index (χ1v) is 10.8. The molecule has 0 saturated carbocycles. The van der Waals surface area contributed by atoms with Crippen LogP contribution < -0.4 is 10.2 Å². The molecule has 0 saturated heterocycles. The molecule has 0 aliphatic heterocycles. The Morgan fingerprint density at radius 2 is 1.68 bits per heavy atom. The van der Waals surface area contributed by atoms with Gasteiger partial charge in [0.2, 0.25) is 0 Å². The highest BCUT2D eigenvalue weighted by atomic mass is 16.6. The van der Waals surface area contributed by atoms with Crippen LogP contribution in [0.5, 0.6) is 5.75 Å². The number of para-hydroxylation sites is 1. The van der Waals surface area contributed by atoms with Gasteiger partial charge in [0.15, 0.2) is 5.75 Å². The maximum absolute atomic E-state index is 12.3. The minimum absolute atomic E-state index is 0.356. The van der Waals surface area contributed by atoms with Crippen LogP contribution in [-0.2, 0) is 16.0 Å². The number of methoxy groups -OCH3 is 1. The Morgan fingerprint density at radius 3 is 2.38 bits per heavy atom. The molecule has 7 heteroatoms. The minimum atomic E-state index is -0.571. The van der Waals surface area contributed by atoms with Crippen LogP contribution in [-0.4, -0.2) is 35.3 Å². The van der Waals surface area contributed by atoms with Crippen molar-refractivity contribution in [1.82, 2.24) is 9.97 Å². The first kappa shape index (κ1) is 22.7. The number of hydrogen-bond donors (Lipinski definition) is 1. The van der Waals surface area contributed by atoms with Gasteiger partial charge in [0.05, 0.1) is 19.0 Å². The van der Waals surface area contributed by atoms with Crippen LogP contribution in [0.2, 0.25) is 0 Å². The Morgan fingerprint density at radius 1 is 0.971 bits per heavy atom. The predicted octanol–water partition coefficient (Wildman–Crippen LogP) is 4.75. The third kappa shape index (κ3) is 6.26. The second-order valence-electron chi connectivity index (χ2n) is 7.46. The quantitative estimate of drug-likeness (QED) is 0.224. The van der Waals surface area contributed by atoms with Crippen molar-refractivity contribution < 1.29 is 14.4 Å². The molecular weight excluding hydrogens is 428 g/mol. The van der Waals surface area contributed by atoms with E-state index in [0.29, 0.717) is 18.0 Å². The van der Waals surface area contributed by atoms with E-state index in [9.17, 15) is 4.79 Å². The third-order valence-electron chi connectivity index (χ3n) is 5.07. The molecule has 4 rings (SSSR count). The minimum Gasteiger partial charge on any atom is -0.467 e. The number of rotatable bonds is 9. The summed E-state index contributed by atoms with van der Waals surface area (Å²) in [4.78, 5) is 26.3. The zero-order valence-corrected chi connectivity index (χ0v) is 18.7. The standard InChI is InChI=1S/C27H24N4O3/c1-33-27(32)25(16-20-8-4-2-5-9-20)31-26-17-24(28-19-29-26)22-14-12-21(13-15-22)18-30-34-23-10-6-3-7-11-23/h2-15,17-19,25H,16H2,1H3,(H,28,29,31)/b30-18+/t25-/m0/s1. The van der Waals surface area contributed by atoms with E-state index in [1.165, 1.54) is 13.4 Å². The second-order valence-corrected chi connectivity index (χ2v) is 7.46. The molecule has 0 radical (unpaired) electrons. The zero-order valence-electron chi connectivity index (χ0n) is 18.7. The molecular formula is C27H24N4O3. The van der Waals surface area contributed by atoms with E-state index in [1.54, 1.807) is 6.21 Å². The molecule has 3 aromatic carbocycles. The van der Waals surface area contributed by atoms with Gasteiger partial charge in [0, 0.05) is 18.1 Å². The fraction of sp³-hybridized carbons (Fsp3) is 0.111. The summed E-state index contributed by atoms with van der Waals surface area (Å²) in [5.74, 6) is 0.859. The van der Waals surface area contributed by atoms with E-state index < -0.39 is 6.04 Å². The van der Waals surface area contributed by atoms with E-state index in [2.05, 4.69) is 20.4 Å². The SMILES string of the molecule is COC(=O)[C@H](Cc1ccccc1)Nc1cc(-c2ccc(/C=N/Oc3ccccc3)cc2)ncn1. The van der Waals surface area contributed by atoms with Crippen molar-refractivity contribution >= 4 is 18.0 Å². The van der Waals surface area contributed by atoms with Gasteiger partial charge in [-0.15, -0.1) is 0 Å². The number of carbonyl (C=O) groups excluding carboxylic acids is 1. The average molecular weight is 453 g/mol. The van der Waals surface area contributed by atoms with E-state index in [0.717, 1.165) is 22.4 Å². The summed E-state index contributed by atoms with van der Waals surface area (Å²) in [6.07, 6.45) is 3.60. The molecule has 1 atom stereocenters. The van der Waals surface area contributed by atoms with Crippen LogP contribution in [0.4, 0.5) is 5.82 Å². The highest BCUT2D eigenvalue weighted by Crippen LogP contribution is 2.20. The summed E-state index contributed by atoms with van der Waals surface area (Å²) in [6.45, 7) is 0. The van der Waals surface area contributed by atoms with Crippen LogP contribution in [0.15, 0.2) is 102 Å². The number of ether oxygens (including phenoxy) is 1. The van der Waals surface area contributed by atoms with Crippen molar-refractivity contribution in [2.24, 2.45) is 5.16 Å². The molecule has 1 heterocycles. The molecule has 170 valence electrons. The van der Waals surface area contributed by atoms with Crippen LogP contribution in [0.25, 0.3) is 11.3 Å². The van der Waals surface area contributed by atoms with E-state index in [4.69, 9.17) is 9.57 Å². The maximum atomic E-state index is 12.3. The lowest BCUT2D eigenvalue weighted by atomic mass is 10.1. The number of oxime groups is 1. The van der Waals surface area contributed by atoms with Gasteiger partial charge in [0.25, 0.3) is 0 Å². The maximum Gasteiger partial charge on any atom is 0.328 e. The Bertz CT molecular complexity index is 1230. The normalized spacial score (nSPS) is 11.7. The number of nitrogens with zero attached hydrogens (tertiary/aromatic N) is 3. The predicted molar refractivity (Wildman–Crippen MR) is 132 cm³/mol. The van der Waals surface area contributed by atoms with Gasteiger partial charge in [-0.05, 0) is 23.3 Å². The van der Waals surface area contributed by atoms with Gasteiger partial charge >= 0.3 is 5.97 Å². The largest absolute Gasteiger partial charge is 0.467 e. The molecule has 0 bridgehead atoms. The zero-order chi connectivity index (χ0) is 23.6. The first-order valence-electron chi connectivity index (χ1n) is 10.8. The Balaban J connectivity index is 1.44. The van der Waals surface area contributed by atoms with Gasteiger partial charge in [-0.2, -0.15) is 0 Å². The van der Waals surface area contributed by atoms with Crippen molar-refractivity contribution in [1.29, 1.82) is 0 Å². The second kappa shape index (κ2) is 11.4. The first-order chi connectivity index (χ1) is 16.7. The number of hydrogen-bond acceptors (Lipinski definition) is 7. The lowest BCUT2D eigenvalue weighted by Gasteiger charge is -2.17. The van der Waals surface area contributed by atoms with E-state index in [-0.39, 0.29) is 5.97 Å². The number of nitrogens with one attached hydrogen (secondary N) is 1. The topological polar surface area (TPSA) is 85.7 Å². The molecule has 0 fully saturated rings. The van der Waals surface area contributed by atoms with Gasteiger partial charge in [-0.1, -0.05) is 78.0 Å². The molecule has 4 aromatic rings. The lowest BCUT2D eigenvalue weighted by Crippen LogP contribution is -2.33. The van der Waals surface area contributed by atoms with Crippen molar-refractivity contribution in [2.75, 3.05) is 12.4 Å². The summed E-state index contributed by atoms with van der Waals surface area (Å²) < 4.78 is 4.98. The van der Waals surface area contributed by atoms with Gasteiger partial charge in [0.1, 0.15) is 18.2 Å². The average Bonchev–Trinajstić information content (AvgIpc) is 2.90. The molecule has 34 heavy (non-hydrogen) atoms. The molecule has 1 N–H and O–H groups in total. The summed E-state index contributed by atoms with van der Waals surface area (Å²) in [5, 5.41) is 7.20. The molecule has 0 aliphatic carbocycles. The monoisotopic (exact) mass is 452 g/mol.